The fourth-order valence-corrected chi connectivity index (χ4v) is 1.94. The van der Waals surface area contributed by atoms with Crippen LogP contribution in [0.3, 0.4) is 0 Å². The molecule has 0 radical (unpaired) electrons. The number of rotatable bonds is 3. The lowest BCUT2D eigenvalue weighted by Crippen LogP contribution is -2.06. The minimum atomic E-state index is -4.44. The van der Waals surface area contributed by atoms with Crippen molar-refractivity contribution in [2.45, 2.75) is 12.7 Å². The zero-order valence-electron chi connectivity index (χ0n) is 9.75. The van der Waals surface area contributed by atoms with Crippen LogP contribution in [-0.4, -0.2) is 17.2 Å². The standard InChI is InChI=1S/C11H9BrF3N3O/c1-16-5-9-17-18-10(19-9)6-2-3-8(12)7(4-6)11(13,14)15/h2-4,16H,5H2,1H3. The zero-order chi connectivity index (χ0) is 14.0. The SMILES string of the molecule is CNCc1nnc(-c2ccc(Br)c(C(F)(F)F)c2)o1. The molecule has 0 aliphatic heterocycles. The van der Waals surface area contributed by atoms with Gasteiger partial charge in [-0.1, -0.05) is 15.9 Å². The Morgan fingerprint density at radius 1 is 1.32 bits per heavy atom. The highest BCUT2D eigenvalue weighted by atomic mass is 79.9. The third-order valence-electron chi connectivity index (χ3n) is 2.31. The van der Waals surface area contributed by atoms with Crippen LogP contribution in [0.4, 0.5) is 13.2 Å². The first-order valence-electron chi connectivity index (χ1n) is 5.26. The van der Waals surface area contributed by atoms with Gasteiger partial charge >= 0.3 is 6.18 Å². The molecule has 0 atom stereocenters. The van der Waals surface area contributed by atoms with Crippen LogP contribution in [0.5, 0.6) is 0 Å². The maximum Gasteiger partial charge on any atom is 0.417 e. The summed E-state index contributed by atoms with van der Waals surface area (Å²) in [6.07, 6.45) is -4.44. The molecule has 0 fully saturated rings. The highest BCUT2D eigenvalue weighted by Gasteiger charge is 2.33. The summed E-state index contributed by atoms with van der Waals surface area (Å²) in [4.78, 5) is 0. The van der Waals surface area contributed by atoms with Gasteiger partial charge in [-0.15, -0.1) is 10.2 Å². The number of benzene rings is 1. The molecule has 0 aliphatic rings. The van der Waals surface area contributed by atoms with Crippen LogP contribution >= 0.6 is 15.9 Å². The monoisotopic (exact) mass is 335 g/mol. The largest absolute Gasteiger partial charge is 0.419 e. The maximum atomic E-state index is 12.8. The summed E-state index contributed by atoms with van der Waals surface area (Å²) in [6.45, 7) is 0.357. The molecule has 1 aromatic carbocycles. The van der Waals surface area contributed by atoms with E-state index in [1.807, 2.05) is 0 Å². The molecule has 0 aliphatic carbocycles. The van der Waals surface area contributed by atoms with Crippen LogP contribution in [-0.2, 0) is 12.7 Å². The number of nitrogens with zero attached hydrogens (tertiary/aromatic N) is 2. The predicted molar refractivity (Wildman–Crippen MR) is 65.2 cm³/mol. The number of aromatic nitrogens is 2. The first kappa shape index (κ1) is 14.0. The second kappa shape index (κ2) is 5.30. The zero-order valence-corrected chi connectivity index (χ0v) is 11.3. The van der Waals surface area contributed by atoms with Crippen molar-refractivity contribution in [3.8, 4) is 11.5 Å². The van der Waals surface area contributed by atoms with Crippen molar-refractivity contribution in [2.75, 3.05) is 7.05 Å². The minimum absolute atomic E-state index is 0.0290. The number of nitrogens with one attached hydrogen (secondary N) is 1. The molecular weight excluding hydrogens is 327 g/mol. The van der Waals surface area contributed by atoms with Crippen molar-refractivity contribution in [3.63, 3.8) is 0 Å². The quantitative estimate of drug-likeness (QED) is 0.935. The van der Waals surface area contributed by atoms with Gasteiger partial charge in [-0.05, 0) is 25.2 Å². The van der Waals surface area contributed by atoms with Crippen molar-refractivity contribution in [1.82, 2.24) is 15.5 Å². The van der Waals surface area contributed by atoms with Gasteiger partial charge in [0.05, 0.1) is 12.1 Å². The smallest absolute Gasteiger partial charge is 0.417 e. The molecule has 2 rings (SSSR count). The van der Waals surface area contributed by atoms with Crippen LogP contribution in [0.15, 0.2) is 27.1 Å². The van der Waals surface area contributed by atoms with E-state index in [2.05, 4.69) is 31.4 Å². The molecular formula is C11H9BrF3N3O. The minimum Gasteiger partial charge on any atom is -0.419 e. The van der Waals surface area contributed by atoms with Crippen molar-refractivity contribution >= 4 is 15.9 Å². The van der Waals surface area contributed by atoms with Gasteiger partial charge in [0.2, 0.25) is 11.8 Å². The second-order valence-electron chi connectivity index (χ2n) is 3.72. The van der Waals surface area contributed by atoms with Gasteiger partial charge < -0.3 is 9.73 Å². The number of alkyl halides is 3. The van der Waals surface area contributed by atoms with Gasteiger partial charge in [0.15, 0.2) is 0 Å². The third kappa shape index (κ3) is 3.13. The van der Waals surface area contributed by atoms with Crippen LogP contribution in [0.1, 0.15) is 11.5 Å². The van der Waals surface area contributed by atoms with Crippen molar-refractivity contribution in [2.24, 2.45) is 0 Å². The Labute approximate surface area is 115 Å². The number of halogens is 4. The third-order valence-corrected chi connectivity index (χ3v) is 3.01. The Morgan fingerprint density at radius 2 is 2.05 bits per heavy atom. The Hall–Kier alpha value is -1.41. The summed E-state index contributed by atoms with van der Waals surface area (Å²) in [7, 11) is 1.70. The van der Waals surface area contributed by atoms with E-state index < -0.39 is 11.7 Å². The number of hydrogen-bond acceptors (Lipinski definition) is 4. The molecule has 102 valence electrons. The fourth-order valence-electron chi connectivity index (χ4n) is 1.47. The Morgan fingerprint density at radius 3 is 2.68 bits per heavy atom. The Bertz CT molecular complexity index is 583. The van der Waals surface area contributed by atoms with E-state index in [1.54, 1.807) is 7.05 Å². The van der Waals surface area contributed by atoms with Crippen molar-refractivity contribution < 1.29 is 17.6 Å². The molecule has 0 saturated carbocycles. The highest BCUT2D eigenvalue weighted by molar-refractivity contribution is 9.10. The summed E-state index contributed by atoms with van der Waals surface area (Å²) in [6, 6.07) is 3.76. The van der Waals surface area contributed by atoms with Gasteiger partial charge in [-0.2, -0.15) is 13.2 Å². The van der Waals surface area contributed by atoms with Crippen LogP contribution < -0.4 is 5.32 Å². The van der Waals surface area contributed by atoms with Gasteiger partial charge in [-0.3, -0.25) is 0 Å². The van der Waals surface area contributed by atoms with E-state index in [9.17, 15) is 13.2 Å². The van der Waals surface area contributed by atoms with E-state index >= 15 is 0 Å². The molecule has 1 aromatic heterocycles. The summed E-state index contributed by atoms with van der Waals surface area (Å²) < 4.78 is 43.5. The first-order chi connectivity index (χ1) is 8.91. The van der Waals surface area contributed by atoms with Gasteiger partial charge in [-0.25, -0.2) is 0 Å². The first-order valence-corrected chi connectivity index (χ1v) is 6.05. The molecule has 1 N–H and O–H groups in total. The molecule has 2 aromatic rings. The van der Waals surface area contributed by atoms with Gasteiger partial charge in [0.1, 0.15) is 0 Å². The average Bonchev–Trinajstić information content (AvgIpc) is 2.77. The lowest BCUT2D eigenvalue weighted by Gasteiger charge is -2.09. The summed E-state index contributed by atoms with van der Waals surface area (Å²) in [5.74, 6) is 0.372. The lowest BCUT2D eigenvalue weighted by molar-refractivity contribution is -0.138. The van der Waals surface area contributed by atoms with E-state index in [4.69, 9.17) is 4.42 Å². The van der Waals surface area contributed by atoms with Gasteiger partial charge in [0.25, 0.3) is 0 Å². The second-order valence-corrected chi connectivity index (χ2v) is 4.58. The van der Waals surface area contributed by atoms with E-state index in [0.717, 1.165) is 6.07 Å². The molecule has 19 heavy (non-hydrogen) atoms. The fraction of sp³-hybridized carbons (Fsp3) is 0.273. The Balaban J connectivity index is 2.39. The summed E-state index contributed by atoms with van der Waals surface area (Å²) >= 11 is 2.87. The van der Waals surface area contributed by atoms with Crippen LogP contribution in [0.2, 0.25) is 0 Å². The molecule has 0 unspecified atom stereocenters. The molecule has 0 amide bonds. The molecule has 0 bridgehead atoms. The molecule has 8 heteroatoms. The lowest BCUT2D eigenvalue weighted by atomic mass is 10.1. The van der Waals surface area contributed by atoms with Gasteiger partial charge in [0, 0.05) is 10.0 Å². The Kier molecular flexibility index (Phi) is 3.91. The molecule has 0 saturated heterocycles. The van der Waals surface area contributed by atoms with E-state index in [0.29, 0.717) is 12.4 Å². The van der Waals surface area contributed by atoms with Crippen LogP contribution in [0, 0.1) is 0 Å². The van der Waals surface area contributed by atoms with Crippen molar-refractivity contribution in [1.29, 1.82) is 0 Å². The molecule has 4 nitrogen and oxygen atoms in total. The number of hydrogen-bond donors (Lipinski definition) is 1. The molecule has 1 heterocycles. The van der Waals surface area contributed by atoms with Crippen LogP contribution in [0.25, 0.3) is 11.5 Å². The average molecular weight is 336 g/mol. The van der Waals surface area contributed by atoms with E-state index in [-0.39, 0.29) is 15.9 Å². The maximum absolute atomic E-state index is 12.8. The highest BCUT2D eigenvalue weighted by Crippen LogP contribution is 2.37. The topological polar surface area (TPSA) is 51.0 Å². The predicted octanol–water partition coefficient (Wildman–Crippen LogP) is 3.24. The summed E-state index contributed by atoms with van der Waals surface area (Å²) in [5.41, 5.74) is -0.552. The van der Waals surface area contributed by atoms with Crippen molar-refractivity contribution in [3.05, 3.63) is 34.1 Å². The van der Waals surface area contributed by atoms with E-state index in [1.165, 1.54) is 12.1 Å². The normalized spacial score (nSPS) is 11.8. The summed E-state index contributed by atoms with van der Waals surface area (Å²) in [5, 5.41) is 10.3. The molecule has 0 spiro atoms.